The summed E-state index contributed by atoms with van der Waals surface area (Å²) < 4.78 is 25.9. The molecule has 18 heavy (non-hydrogen) atoms. The average Bonchev–Trinajstić information content (AvgIpc) is 2.41. The van der Waals surface area contributed by atoms with Crippen molar-refractivity contribution in [1.29, 1.82) is 0 Å². The Kier molecular flexibility index (Phi) is 3.72. The highest BCUT2D eigenvalue weighted by atomic mass is 19.2. The van der Waals surface area contributed by atoms with E-state index in [9.17, 15) is 13.9 Å². The maximum Gasteiger partial charge on any atom is 0.159 e. The van der Waals surface area contributed by atoms with E-state index in [1.807, 2.05) is 25.1 Å². The Labute approximate surface area is 105 Å². The Morgan fingerprint density at radius 2 is 1.72 bits per heavy atom. The van der Waals surface area contributed by atoms with Crippen LogP contribution in [0.4, 0.5) is 8.78 Å². The van der Waals surface area contributed by atoms with Crippen LogP contribution in [0.3, 0.4) is 0 Å². The molecule has 1 nitrogen and oxygen atoms in total. The van der Waals surface area contributed by atoms with Gasteiger partial charge < -0.3 is 5.11 Å². The smallest absolute Gasteiger partial charge is 0.159 e. The van der Waals surface area contributed by atoms with Crippen molar-refractivity contribution in [2.45, 2.75) is 19.4 Å². The van der Waals surface area contributed by atoms with E-state index in [1.165, 1.54) is 6.07 Å². The van der Waals surface area contributed by atoms with Crippen LogP contribution < -0.4 is 0 Å². The van der Waals surface area contributed by atoms with Crippen LogP contribution >= 0.6 is 0 Å². The van der Waals surface area contributed by atoms with Crippen LogP contribution in [0.15, 0.2) is 42.5 Å². The van der Waals surface area contributed by atoms with Gasteiger partial charge in [-0.15, -0.1) is 0 Å². The van der Waals surface area contributed by atoms with Crippen LogP contribution in [-0.2, 0) is 6.42 Å². The van der Waals surface area contributed by atoms with Crippen molar-refractivity contribution in [2.24, 2.45) is 0 Å². The van der Waals surface area contributed by atoms with Crippen LogP contribution in [0.1, 0.15) is 29.7 Å². The normalized spacial score (nSPS) is 12.4. The van der Waals surface area contributed by atoms with Crippen LogP contribution in [0.25, 0.3) is 0 Å². The van der Waals surface area contributed by atoms with Crippen molar-refractivity contribution in [3.63, 3.8) is 0 Å². The number of halogens is 2. The maximum atomic E-state index is 13.1. The lowest BCUT2D eigenvalue weighted by Gasteiger charge is -2.12. The molecule has 0 aliphatic heterocycles. The number of aliphatic hydroxyl groups is 1. The van der Waals surface area contributed by atoms with Gasteiger partial charge in [0.15, 0.2) is 11.6 Å². The van der Waals surface area contributed by atoms with Crippen molar-refractivity contribution in [3.05, 3.63) is 70.8 Å². The van der Waals surface area contributed by atoms with Gasteiger partial charge in [-0.25, -0.2) is 8.78 Å². The van der Waals surface area contributed by atoms with Crippen molar-refractivity contribution >= 4 is 0 Å². The number of aryl methyl sites for hydroxylation is 1. The number of hydrogen-bond acceptors (Lipinski definition) is 1. The predicted molar refractivity (Wildman–Crippen MR) is 66.2 cm³/mol. The standard InChI is InChI=1S/C15H14F2O/c1-2-10-4-3-5-11(8-10)15(18)12-6-7-13(16)14(17)9-12/h3-9,15,18H,2H2,1H3. The molecule has 94 valence electrons. The summed E-state index contributed by atoms with van der Waals surface area (Å²) >= 11 is 0. The average molecular weight is 248 g/mol. The van der Waals surface area contributed by atoms with E-state index in [-0.39, 0.29) is 0 Å². The molecule has 1 atom stereocenters. The number of aliphatic hydroxyl groups excluding tert-OH is 1. The number of benzene rings is 2. The zero-order valence-electron chi connectivity index (χ0n) is 10.0. The highest BCUT2D eigenvalue weighted by Crippen LogP contribution is 2.24. The quantitative estimate of drug-likeness (QED) is 0.879. The molecule has 2 aromatic carbocycles. The molecule has 2 aromatic rings. The van der Waals surface area contributed by atoms with Gasteiger partial charge in [0.1, 0.15) is 6.10 Å². The molecule has 1 unspecified atom stereocenters. The summed E-state index contributed by atoms with van der Waals surface area (Å²) in [5.74, 6) is -1.86. The van der Waals surface area contributed by atoms with Gasteiger partial charge in [0, 0.05) is 0 Å². The monoisotopic (exact) mass is 248 g/mol. The Bertz CT molecular complexity index is 552. The van der Waals surface area contributed by atoms with Gasteiger partial charge in [-0.3, -0.25) is 0 Å². The van der Waals surface area contributed by atoms with Crippen LogP contribution in [-0.4, -0.2) is 5.11 Å². The van der Waals surface area contributed by atoms with Gasteiger partial charge in [-0.2, -0.15) is 0 Å². The van der Waals surface area contributed by atoms with Crippen LogP contribution in [0.2, 0.25) is 0 Å². The molecule has 0 aromatic heterocycles. The second kappa shape index (κ2) is 5.27. The van der Waals surface area contributed by atoms with Gasteiger partial charge in [-0.05, 0) is 35.2 Å². The van der Waals surface area contributed by atoms with Gasteiger partial charge in [0.05, 0.1) is 0 Å². The summed E-state index contributed by atoms with van der Waals surface area (Å²) in [4.78, 5) is 0. The van der Waals surface area contributed by atoms with Crippen molar-refractivity contribution in [1.82, 2.24) is 0 Å². The van der Waals surface area contributed by atoms with Gasteiger partial charge in [0.2, 0.25) is 0 Å². The molecule has 0 aliphatic rings. The zero-order chi connectivity index (χ0) is 13.1. The molecule has 0 heterocycles. The summed E-state index contributed by atoms with van der Waals surface area (Å²) in [5.41, 5.74) is 2.12. The zero-order valence-corrected chi connectivity index (χ0v) is 10.0. The van der Waals surface area contributed by atoms with Gasteiger partial charge >= 0.3 is 0 Å². The van der Waals surface area contributed by atoms with Crippen molar-refractivity contribution in [3.8, 4) is 0 Å². The largest absolute Gasteiger partial charge is 0.384 e. The predicted octanol–water partition coefficient (Wildman–Crippen LogP) is 3.61. The van der Waals surface area contributed by atoms with E-state index in [0.29, 0.717) is 11.1 Å². The molecule has 0 bridgehead atoms. The highest BCUT2D eigenvalue weighted by molar-refractivity contribution is 5.33. The third kappa shape index (κ3) is 2.57. The van der Waals surface area contributed by atoms with Crippen molar-refractivity contribution in [2.75, 3.05) is 0 Å². The molecule has 3 heteroatoms. The number of rotatable bonds is 3. The molecule has 2 rings (SSSR count). The van der Waals surface area contributed by atoms with E-state index in [4.69, 9.17) is 0 Å². The molecule has 0 radical (unpaired) electrons. The van der Waals surface area contributed by atoms with E-state index >= 15 is 0 Å². The maximum absolute atomic E-state index is 13.1. The summed E-state index contributed by atoms with van der Waals surface area (Å²) in [6, 6.07) is 10.9. The first-order valence-electron chi connectivity index (χ1n) is 5.83. The molecular formula is C15H14F2O. The van der Waals surface area contributed by atoms with E-state index < -0.39 is 17.7 Å². The first-order valence-corrected chi connectivity index (χ1v) is 5.83. The number of hydrogen-bond donors (Lipinski definition) is 1. The van der Waals surface area contributed by atoms with E-state index in [2.05, 4.69) is 0 Å². The summed E-state index contributed by atoms with van der Waals surface area (Å²) in [6.07, 6.45) is -0.0789. The molecule has 0 aliphatic carbocycles. The molecule has 0 fully saturated rings. The SMILES string of the molecule is CCc1cccc(C(O)c2ccc(F)c(F)c2)c1. The fraction of sp³-hybridized carbons (Fsp3) is 0.200. The fourth-order valence-electron chi connectivity index (χ4n) is 1.86. The first kappa shape index (κ1) is 12.7. The lowest BCUT2D eigenvalue weighted by atomic mass is 9.99. The molecule has 0 saturated heterocycles. The fourth-order valence-corrected chi connectivity index (χ4v) is 1.86. The van der Waals surface area contributed by atoms with Crippen molar-refractivity contribution < 1.29 is 13.9 Å². The molecule has 0 saturated carbocycles. The lowest BCUT2D eigenvalue weighted by molar-refractivity contribution is 0.219. The third-order valence-corrected chi connectivity index (χ3v) is 2.93. The Hall–Kier alpha value is -1.74. The minimum absolute atomic E-state index is 0.349. The van der Waals surface area contributed by atoms with E-state index in [0.717, 1.165) is 24.1 Å². The van der Waals surface area contributed by atoms with Crippen LogP contribution in [0.5, 0.6) is 0 Å². The summed E-state index contributed by atoms with van der Waals surface area (Å²) in [6.45, 7) is 2.02. The Morgan fingerprint density at radius 1 is 1.00 bits per heavy atom. The lowest BCUT2D eigenvalue weighted by Crippen LogP contribution is -2.01. The third-order valence-electron chi connectivity index (χ3n) is 2.93. The molecule has 1 N–H and O–H groups in total. The topological polar surface area (TPSA) is 20.2 Å². The molecular weight excluding hydrogens is 234 g/mol. The Morgan fingerprint density at radius 3 is 2.39 bits per heavy atom. The minimum atomic E-state index is -0.946. The Balaban J connectivity index is 2.34. The van der Waals surface area contributed by atoms with E-state index in [1.54, 1.807) is 6.07 Å². The van der Waals surface area contributed by atoms with Gasteiger partial charge in [-0.1, -0.05) is 37.3 Å². The summed E-state index contributed by atoms with van der Waals surface area (Å²) in [5, 5.41) is 10.1. The second-order valence-electron chi connectivity index (χ2n) is 4.17. The summed E-state index contributed by atoms with van der Waals surface area (Å²) in [7, 11) is 0. The molecule has 0 spiro atoms. The van der Waals surface area contributed by atoms with Gasteiger partial charge in [0.25, 0.3) is 0 Å². The van der Waals surface area contributed by atoms with Crippen LogP contribution in [0, 0.1) is 11.6 Å². The minimum Gasteiger partial charge on any atom is -0.384 e. The highest BCUT2D eigenvalue weighted by Gasteiger charge is 2.13. The second-order valence-corrected chi connectivity index (χ2v) is 4.17. The first-order chi connectivity index (χ1) is 8.61. The molecule has 0 amide bonds.